The monoisotopic (exact) mass is 377 g/mol. The van der Waals surface area contributed by atoms with Gasteiger partial charge in [0.1, 0.15) is 5.52 Å². The Hall–Kier alpha value is -2.77. The van der Waals surface area contributed by atoms with Crippen LogP contribution in [0.3, 0.4) is 0 Å². The predicted molar refractivity (Wildman–Crippen MR) is 97.7 cm³/mol. The molecule has 0 saturated heterocycles. The molecule has 3 rings (SSSR count). The summed E-state index contributed by atoms with van der Waals surface area (Å²) < 4.78 is 0.652. The van der Waals surface area contributed by atoms with Gasteiger partial charge in [-0.05, 0) is 36.4 Å². The first-order valence-corrected chi connectivity index (χ1v) is 7.94. The Morgan fingerprint density at radius 3 is 2.56 bits per heavy atom. The Morgan fingerprint density at radius 2 is 1.84 bits per heavy atom. The summed E-state index contributed by atoms with van der Waals surface area (Å²) in [5.41, 5.74) is 3.96. The van der Waals surface area contributed by atoms with E-state index in [0.717, 1.165) is 0 Å². The Labute approximate surface area is 153 Å². The maximum absolute atomic E-state index is 12.1. The molecule has 2 aromatic carbocycles. The summed E-state index contributed by atoms with van der Waals surface area (Å²) in [6, 6.07) is 11.0. The summed E-state index contributed by atoms with van der Waals surface area (Å²) in [6.07, 6.45) is 1.25. The second-order valence-corrected chi connectivity index (χ2v) is 6.06. The smallest absolute Gasteiger partial charge is 0.338 e. The number of urea groups is 1. The summed E-state index contributed by atoms with van der Waals surface area (Å²) in [6.45, 7) is 0. The quantitative estimate of drug-likeness (QED) is 0.416. The van der Waals surface area contributed by atoms with Gasteiger partial charge in [0, 0.05) is 28.8 Å². The number of carbonyl (C=O) groups is 1. The molecular formula is C16H13Cl2N5O2. The van der Waals surface area contributed by atoms with E-state index in [4.69, 9.17) is 23.2 Å². The lowest BCUT2D eigenvalue weighted by molar-refractivity contribution is -0.576. The molecule has 0 bridgehead atoms. The van der Waals surface area contributed by atoms with Crippen molar-refractivity contribution in [2.45, 2.75) is 0 Å². The minimum absolute atomic E-state index is 0.274. The lowest BCUT2D eigenvalue weighted by Gasteiger charge is -2.19. The van der Waals surface area contributed by atoms with Gasteiger partial charge in [-0.1, -0.05) is 23.2 Å². The molecule has 7 nitrogen and oxygen atoms in total. The van der Waals surface area contributed by atoms with Gasteiger partial charge in [0.15, 0.2) is 0 Å². The normalized spacial score (nSPS) is 10.5. The summed E-state index contributed by atoms with van der Waals surface area (Å²) in [7, 11) is 1.57. The number of nitrogens with zero attached hydrogens (tertiary/aromatic N) is 3. The highest BCUT2D eigenvalue weighted by Gasteiger charge is 2.14. The molecule has 3 aromatic rings. The largest absolute Gasteiger partial charge is 0.618 e. The zero-order chi connectivity index (χ0) is 18.0. The molecule has 0 atom stereocenters. The van der Waals surface area contributed by atoms with Crippen LogP contribution in [0.5, 0.6) is 0 Å². The molecule has 25 heavy (non-hydrogen) atoms. The van der Waals surface area contributed by atoms with Crippen LogP contribution in [0.2, 0.25) is 10.0 Å². The van der Waals surface area contributed by atoms with E-state index in [9.17, 15) is 10.0 Å². The summed E-state index contributed by atoms with van der Waals surface area (Å²) >= 11 is 11.7. The van der Waals surface area contributed by atoms with Crippen LogP contribution in [0, 0.1) is 5.21 Å². The second-order valence-electron chi connectivity index (χ2n) is 5.19. The molecular weight excluding hydrogens is 365 g/mol. The van der Waals surface area contributed by atoms with E-state index in [1.807, 2.05) is 0 Å². The van der Waals surface area contributed by atoms with Gasteiger partial charge in [-0.3, -0.25) is 5.01 Å². The number of rotatable bonds is 3. The number of anilines is 2. The predicted octanol–water partition coefficient (Wildman–Crippen LogP) is 3.35. The van der Waals surface area contributed by atoms with E-state index >= 15 is 0 Å². The molecule has 0 spiro atoms. The van der Waals surface area contributed by atoms with Gasteiger partial charge < -0.3 is 10.5 Å². The van der Waals surface area contributed by atoms with E-state index in [0.29, 0.717) is 31.5 Å². The molecule has 0 unspecified atom stereocenters. The van der Waals surface area contributed by atoms with Crippen molar-refractivity contribution in [3.05, 3.63) is 63.9 Å². The molecule has 1 aromatic heterocycles. The van der Waals surface area contributed by atoms with Crippen LogP contribution in [0.25, 0.3) is 11.0 Å². The van der Waals surface area contributed by atoms with E-state index < -0.39 is 6.03 Å². The van der Waals surface area contributed by atoms with Gasteiger partial charge in [0.25, 0.3) is 0 Å². The minimum atomic E-state index is -0.486. The number of halogens is 2. The van der Waals surface area contributed by atoms with Crippen LogP contribution in [-0.4, -0.2) is 18.1 Å². The van der Waals surface area contributed by atoms with Gasteiger partial charge in [0.05, 0.1) is 0 Å². The fourth-order valence-electron chi connectivity index (χ4n) is 2.16. The first-order valence-electron chi connectivity index (χ1n) is 7.19. The van der Waals surface area contributed by atoms with E-state index in [-0.39, 0.29) is 5.82 Å². The molecule has 1 heterocycles. The number of nitrogens with one attached hydrogen (secondary N) is 2. The maximum atomic E-state index is 12.1. The van der Waals surface area contributed by atoms with Crippen LogP contribution >= 0.6 is 23.2 Å². The number of hydrazine groups is 1. The number of aromatic nitrogens is 2. The van der Waals surface area contributed by atoms with E-state index in [2.05, 4.69) is 15.7 Å². The highest BCUT2D eigenvalue weighted by atomic mass is 35.5. The standard InChI is InChI=1S/C16H13Cl2N5O2/c1-22(21-16(24)19-12-5-2-10(17)3-6-12)15-9-23(25)14-8-11(18)4-7-13(14)20-15/h2-9H,1H3,(H2,19,21,24). The van der Waals surface area contributed by atoms with Crippen LogP contribution < -0.4 is 20.5 Å². The Bertz CT molecular complexity index is 934. The minimum Gasteiger partial charge on any atom is -0.618 e. The van der Waals surface area contributed by atoms with Crippen molar-refractivity contribution in [2.24, 2.45) is 0 Å². The van der Waals surface area contributed by atoms with Crippen molar-refractivity contribution >= 4 is 51.8 Å². The van der Waals surface area contributed by atoms with Crippen LogP contribution in [0.1, 0.15) is 0 Å². The molecule has 0 aliphatic carbocycles. The van der Waals surface area contributed by atoms with E-state index in [1.54, 1.807) is 43.4 Å². The fraction of sp³-hybridized carbons (Fsp3) is 0.0625. The average Bonchev–Trinajstić information content (AvgIpc) is 2.57. The SMILES string of the molecule is CN(NC(=O)Nc1ccc(Cl)cc1)c1c[n+]([O-])c2cc(Cl)ccc2n1. The Balaban J connectivity index is 1.75. The number of amides is 2. The molecule has 2 N–H and O–H groups in total. The number of hydrogen-bond donors (Lipinski definition) is 2. The molecule has 0 saturated carbocycles. The van der Waals surface area contributed by atoms with Gasteiger partial charge in [-0.2, -0.15) is 4.73 Å². The number of benzene rings is 2. The molecule has 2 amide bonds. The van der Waals surface area contributed by atoms with Crippen LogP contribution in [-0.2, 0) is 0 Å². The van der Waals surface area contributed by atoms with Crippen LogP contribution in [0.15, 0.2) is 48.7 Å². The molecule has 0 aliphatic rings. The third-order valence-electron chi connectivity index (χ3n) is 3.36. The molecule has 0 radical (unpaired) electrons. The highest BCUT2D eigenvalue weighted by molar-refractivity contribution is 6.31. The topological polar surface area (TPSA) is 84.2 Å². The fourth-order valence-corrected chi connectivity index (χ4v) is 2.45. The summed E-state index contributed by atoms with van der Waals surface area (Å²) in [5, 5.41) is 17.1. The third-order valence-corrected chi connectivity index (χ3v) is 3.84. The maximum Gasteiger partial charge on any atom is 0.338 e. The summed E-state index contributed by atoms with van der Waals surface area (Å²) in [5.74, 6) is 0.274. The van der Waals surface area contributed by atoms with Gasteiger partial charge in [-0.15, -0.1) is 0 Å². The van der Waals surface area contributed by atoms with Crippen molar-refractivity contribution in [1.82, 2.24) is 10.4 Å². The van der Waals surface area contributed by atoms with Crippen LogP contribution in [0.4, 0.5) is 16.3 Å². The second kappa shape index (κ2) is 7.00. The van der Waals surface area contributed by atoms with Crippen molar-refractivity contribution < 1.29 is 9.52 Å². The zero-order valence-electron chi connectivity index (χ0n) is 13.0. The average molecular weight is 378 g/mol. The molecule has 0 fully saturated rings. The summed E-state index contributed by atoms with van der Waals surface area (Å²) in [4.78, 5) is 16.4. The van der Waals surface area contributed by atoms with Crippen molar-refractivity contribution in [1.29, 1.82) is 0 Å². The molecule has 128 valence electrons. The lowest BCUT2D eigenvalue weighted by atomic mass is 10.3. The lowest BCUT2D eigenvalue weighted by Crippen LogP contribution is -2.43. The van der Waals surface area contributed by atoms with Gasteiger partial charge in [-0.25, -0.2) is 15.2 Å². The Kier molecular flexibility index (Phi) is 4.78. The number of carbonyl (C=O) groups excluding carboxylic acids is 1. The first-order chi connectivity index (χ1) is 11.9. The third kappa shape index (κ3) is 4.01. The van der Waals surface area contributed by atoms with Gasteiger partial charge >= 0.3 is 6.03 Å². The molecule has 9 heteroatoms. The highest BCUT2D eigenvalue weighted by Crippen LogP contribution is 2.17. The van der Waals surface area contributed by atoms with Crippen molar-refractivity contribution in [2.75, 3.05) is 17.4 Å². The van der Waals surface area contributed by atoms with Crippen molar-refractivity contribution in [3.8, 4) is 0 Å². The first kappa shape index (κ1) is 17.1. The Morgan fingerprint density at radius 1 is 1.16 bits per heavy atom. The van der Waals surface area contributed by atoms with E-state index in [1.165, 1.54) is 17.3 Å². The number of fused-ring (bicyclic) bond motifs is 1. The van der Waals surface area contributed by atoms with Gasteiger partial charge in [0.2, 0.25) is 17.5 Å². The van der Waals surface area contributed by atoms with Crippen molar-refractivity contribution in [3.63, 3.8) is 0 Å². The zero-order valence-corrected chi connectivity index (χ0v) is 14.5. The molecule has 0 aliphatic heterocycles. The number of hydrogen-bond acceptors (Lipinski definition) is 4.